The van der Waals surface area contributed by atoms with E-state index in [1.165, 1.54) is 0 Å². The highest BCUT2D eigenvalue weighted by atomic mass is 16.1. The van der Waals surface area contributed by atoms with E-state index in [0.717, 1.165) is 24.2 Å². The van der Waals surface area contributed by atoms with E-state index in [1.807, 2.05) is 31.2 Å². The van der Waals surface area contributed by atoms with Gasteiger partial charge in [0.15, 0.2) is 5.65 Å². The van der Waals surface area contributed by atoms with Gasteiger partial charge in [-0.25, -0.2) is 4.68 Å². The molecule has 21 heavy (non-hydrogen) atoms. The van der Waals surface area contributed by atoms with E-state index in [4.69, 9.17) is 0 Å². The van der Waals surface area contributed by atoms with Gasteiger partial charge in [0.25, 0.3) is 5.56 Å². The zero-order valence-electron chi connectivity index (χ0n) is 12.1. The number of fused-ring (bicyclic) bond motifs is 1. The van der Waals surface area contributed by atoms with Crippen molar-refractivity contribution in [3.63, 3.8) is 0 Å². The molecule has 0 fully saturated rings. The van der Waals surface area contributed by atoms with E-state index in [0.29, 0.717) is 17.0 Å². The molecule has 0 saturated carbocycles. The molecule has 0 bridgehead atoms. The molecular weight excluding hydrogens is 266 g/mol. The molecular formula is C15H17N5O. The lowest BCUT2D eigenvalue weighted by atomic mass is 10.2. The van der Waals surface area contributed by atoms with Crippen LogP contribution in [0.5, 0.6) is 0 Å². The maximum atomic E-state index is 12.1. The Hall–Kier alpha value is -2.63. The number of H-pyrrole nitrogens is 1. The van der Waals surface area contributed by atoms with Gasteiger partial charge in [-0.15, -0.1) is 5.10 Å². The van der Waals surface area contributed by atoms with Gasteiger partial charge in [0, 0.05) is 12.7 Å². The molecule has 1 aromatic carbocycles. The van der Waals surface area contributed by atoms with E-state index < -0.39 is 0 Å². The van der Waals surface area contributed by atoms with Crippen molar-refractivity contribution < 1.29 is 0 Å². The summed E-state index contributed by atoms with van der Waals surface area (Å²) in [7, 11) is 0. The average Bonchev–Trinajstić information content (AvgIpc) is 2.90. The molecule has 2 heterocycles. The summed E-state index contributed by atoms with van der Waals surface area (Å²) in [5, 5.41) is 7.98. The molecule has 108 valence electrons. The lowest BCUT2D eigenvalue weighted by Gasteiger charge is -2.03. The van der Waals surface area contributed by atoms with Crippen LogP contribution in [0.2, 0.25) is 0 Å². The normalized spacial score (nSPS) is 11.0. The van der Waals surface area contributed by atoms with Crippen LogP contribution in [0.25, 0.3) is 16.7 Å². The number of benzene rings is 1. The van der Waals surface area contributed by atoms with Crippen molar-refractivity contribution in [2.75, 3.05) is 11.9 Å². The molecule has 3 aromatic rings. The Morgan fingerprint density at radius 1 is 1.33 bits per heavy atom. The standard InChI is InChI=1S/C15H17N5O/c1-3-8-16-15-17-13-11(14(21)18-15)9-20(19-13)12-7-5-4-6-10(12)2/h4-7,9H,3,8H2,1-2H3,(H2,16,17,18,19,21). The van der Waals surface area contributed by atoms with Gasteiger partial charge >= 0.3 is 0 Å². The van der Waals surface area contributed by atoms with Crippen LogP contribution in [0.15, 0.2) is 35.3 Å². The third-order valence-electron chi connectivity index (χ3n) is 3.29. The Morgan fingerprint density at radius 3 is 2.90 bits per heavy atom. The van der Waals surface area contributed by atoms with Gasteiger partial charge in [0.1, 0.15) is 5.39 Å². The van der Waals surface area contributed by atoms with Crippen LogP contribution in [-0.2, 0) is 0 Å². The Morgan fingerprint density at radius 2 is 2.14 bits per heavy atom. The number of para-hydroxylation sites is 1. The second kappa shape index (κ2) is 5.40. The summed E-state index contributed by atoms with van der Waals surface area (Å²) in [5.74, 6) is 0.462. The summed E-state index contributed by atoms with van der Waals surface area (Å²) in [6, 6.07) is 7.89. The van der Waals surface area contributed by atoms with Gasteiger partial charge in [-0.1, -0.05) is 25.1 Å². The largest absolute Gasteiger partial charge is 0.356 e. The first-order chi connectivity index (χ1) is 10.2. The third-order valence-corrected chi connectivity index (χ3v) is 3.29. The number of anilines is 1. The van der Waals surface area contributed by atoms with Crippen molar-refractivity contribution in [2.45, 2.75) is 20.3 Å². The molecule has 0 aliphatic rings. The Labute approximate surface area is 121 Å². The van der Waals surface area contributed by atoms with Crippen LogP contribution < -0.4 is 10.9 Å². The highest BCUT2D eigenvalue weighted by Gasteiger charge is 2.10. The molecule has 6 nitrogen and oxygen atoms in total. The van der Waals surface area contributed by atoms with Gasteiger partial charge in [0.2, 0.25) is 5.95 Å². The fourth-order valence-corrected chi connectivity index (χ4v) is 2.19. The van der Waals surface area contributed by atoms with Crippen molar-refractivity contribution in [2.24, 2.45) is 0 Å². The minimum Gasteiger partial charge on any atom is -0.356 e. The number of hydrogen-bond acceptors (Lipinski definition) is 4. The van der Waals surface area contributed by atoms with Crippen LogP contribution in [0, 0.1) is 6.92 Å². The summed E-state index contributed by atoms with van der Waals surface area (Å²) in [6.07, 6.45) is 2.67. The fraction of sp³-hybridized carbons (Fsp3) is 0.267. The number of aromatic amines is 1. The first-order valence-corrected chi connectivity index (χ1v) is 6.98. The number of nitrogens with one attached hydrogen (secondary N) is 2. The Bertz CT molecular complexity index is 833. The monoisotopic (exact) mass is 283 g/mol. The first kappa shape index (κ1) is 13.4. The lowest BCUT2D eigenvalue weighted by molar-refractivity contribution is 0.880. The quantitative estimate of drug-likeness (QED) is 0.770. The van der Waals surface area contributed by atoms with Crippen molar-refractivity contribution in [1.29, 1.82) is 0 Å². The van der Waals surface area contributed by atoms with Gasteiger partial charge in [-0.05, 0) is 25.0 Å². The first-order valence-electron chi connectivity index (χ1n) is 6.98. The lowest BCUT2D eigenvalue weighted by Crippen LogP contribution is -2.13. The third kappa shape index (κ3) is 2.52. The number of hydrogen-bond donors (Lipinski definition) is 2. The Balaban J connectivity index is 2.10. The number of nitrogens with zero attached hydrogens (tertiary/aromatic N) is 3. The molecule has 0 saturated heterocycles. The van der Waals surface area contributed by atoms with E-state index in [-0.39, 0.29) is 5.56 Å². The molecule has 0 atom stereocenters. The van der Waals surface area contributed by atoms with Gasteiger partial charge in [-0.2, -0.15) is 4.98 Å². The zero-order valence-corrected chi connectivity index (χ0v) is 12.1. The van der Waals surface area contributed by atoms with Crippen molar-refractivity contribution in [1.82, 2.24) is 19.7 Å². The molecule has 0 radical (unpaired) electrons. The molecule has 0 unspecified atom stereocenters. The van der Waals surface area contributed by atoms with Crippen LogP contribution >= 0.6 is 0 Å². The highest BCUT2D eigenvalue weighted by Crippen LogP contribution is 2.15. The van der Waals surface area contributed by atoms with Crippen molar-refractivity contribution >= 4 is 17.0 Å². The maximum Gasteiger partial charge on any atom is 0.263 e. The molecule has 2 aromatic heterocycles. The van der Waals surface area contributed by atoms with Crippen molar-refractivity contribution in [3.05, 3.63) is 46.4 Å². The average molecular weight is 283 g/mol. The summed E-state index contributed by atoms with van der Waals surface area (Å²) in [6.45, 7) is 4.82. The van der Waals surface area contributed by atoms with E-state index in [1.54, 1.807) is 10.9 Å². The minimum absolute atomic E-state index is 0.182. The Kier molecular flexibility index (Phi) is 3.43. The summed E-state index contributed by atoms with van der Waals surface area (Å²) >= 11 is 0. The van der Waals surface area contributed by atoms with Crippen LogP contribution in [0.3, 0.4) is 0 Å². The van der Waals surface area contributed by atoms with E-state index in [2.05, 4.69) is 27.3 Å². The van der Waals surface area contributed by atoms with Gasteiger partial charge < -0.3 is 5.32 Å². The van der Waals surface area contributed by atoms with E-state index in [9.17, 15) is 4.79 Å². The molecule has 2 N–H and O–H groups in total. The predicted molar refractivity (Wildman–Crippen MR) is 83.0 cm³/mol. The number of rotatable bonds is 4. The second-order valence-corrected chi connectivity index (χ2v) is 4.94. The highest BCUT2D eigenvalue weighted by molar-refractivity contribution is 5.74. The minimum atomic E-state index is -0.182. The van der Waals surface area contributed by atoms with Crippen LogP contribution in [0.4, 0.5) is 5.95 Å². The number of aromatic nitrogens is 4. The molecule has 3 rings (SSSR count). The summed E-state index contributed by atoms with van der Waals surface area (Å²) in [5.41, 5.74) is 2.29. The van der Waals surface area contributed by atoms with Gasteiger partial charge in [0.05, 0.1) is 5.69 Å². The molecule has 0 aliphatic carbocycles. The second-order valence-electron chi connectivity index (χ2n) is 4.94. The summed E-state index contributed by atoms with van der Waals surface area (Å²) in [4.78, 5) is 19.2. The fourth-order valence-electron chi connectivity index (χ4n) is 2.19. The maximum absolute atomic E-state index is 12.1. The zero-order chi connectivity index (χ0) is 14.8. The van der Waals surface area contributed by atoms with Crippen molar-refractivity contribution in [3.8, 4) is 5.69 Å². The number of aryl methyl sites for hydroxylation is 1. The molecule has 0 spiro atoms. The SMILES string of the molecule is CCCNc1nc2nn(-c3ccccc3C)cc2c(=O)[nH]1. The van der Waals surface area contributed by atoms with Crippen LogP contribution in [-0.4, -0.2) is 26.3 Å². The van der Waals surface area contributed by atoms with Crippen LogP contribution in [0.1, 0.15) is 18.9 Å². The van der Waals surface area contributed by atoms with Gasteiger partial charge in [-0.3, -0.25) is 9.78 Å². The molecule has 6 heteroatoms. The smallest absolute Gasteiger partial charge is 0.263 e. The predicted octanol–water partition coefficient (Wildman–Crippen LogP) is 2.24. The summed E-state index contributed by atoms with van der Waals surface area (Å²) < 4.78 is 1.70. The molecule has 0 amide bonds. The van der Waals surface area contributed by atoms with E-state index >= 15 is 0 Å². The molecule has 0 aliphatic heterocycles. The topological polar surface area (TPSA) is 75.6 Å².